The van der Waals surface area contributed by atoms with Crippen molar-refractivity contribution in [1.82, 2.24) is 20.9 Å². The highest BCUT2D eigenvalue weighted by Gasteiger charge is 2.49. The predicted molar refractivity (Wildman–Crippen MR) is 188 cm³/mol. The van der Waals surface area contributed by atoms with Gasteiger partial charge in [-0.3, -0.25) is 24.1 Å². The van der Waals surface area contributed by atoms with Crippen LogP contribution in [0.1, 0.15) is 74.5 Å². The minimum absolute atomic E-state index is 0.0622. The van der Waals surface area contributed by atoms with Gasteiger partial charge in [-0.05, 0) is 66.5 Å². The van der Waals surface area contributed by atoms with Crippen molar-refractivity contribution in [2.24, 2.45) is 5.73 Å². The molecular weight excluding hydrogens is 659 g/mol. The van der Waals surface area contributed by atoms with Gasteiger partial charge in [0, 0.05) is 19.5 Å². The van der Waals surface area contributed by atoms with E-state index in [1.165, 1.54) is 0 Å². The van der Waals surface area contributed by atoms with Crippen LogP contribution in [0.3, 0.4) is 0 Å². The van der Waals surface area contributed by atoms with Gasteiger partial charge in [-0.15, -0.1) is 0 Å². The molecule has 0 aromatic heterocycles. The predicted octanol–water partition coefficient (Wildman–Crippen LogP) is 5.11. The van der Waals surface area contributed by atoms with E-state index >= 15 is 0 Å². The number of amides is 4. The number of primary amides is 1. The Morgan fingerprint density at radius 2 is 1.49 bits per heavy atom. The summed E-state index contributed by atoms with van der Waals surface area (Å²) in [6.45, 7) is 0.210. The van der Waals surface area contributed by atoms with Crippen LogP contribution in [0.2, 0.25) is 0 Å². The number of likely N-dealkylation sites (tertiary alicyclic amines) is 1. The van der Waals surface area contributed by atoms with Crippen molar-refractivity contribution in [3.8, 4) is 11.1 Å². The number of nitrogens with two attached hydrogens (primary N) is 1. The van der Waals surface area contributed by atoms with E-state index in [0.29, 0.717) is 43.4 Å². The second kappa shape index (κ2) is 17.0. The fourth-order valence-corrected chi connectivity index (χ4v) is 7.43. The Labute approximate surface area is 296 Å². The van der Waals surface area contributed by atoms with Gasteiger partial charge in [0.25, 0.3) is 0 Å². The van der Waals surface area contributed by atoms with E-state index in [2.05, 4.69) is 20.9 Å². The Morgan fingerprint density at radius 1 is 0.843 bits per heavy atom. The highest BCUT2D eigenvalue weighted by atomic mass is 19.4. The number of carbonyl (C=O) groups is 4. The van der Waals surface area contributed by atoms with Gasteiger partial charge in [0.2, 0.25) is 23.6 Å². The second-order valence-corrected chi connectivity index (χ2v) is 13.4. The van der Waals surface area contributed by atoms with Crippen LogP contribution in [-0.2, 0) is 31.1 Å². The molecule has 1 saturated heterocycles. The van der Waals surface area contributed by atoms with Crippen molar-refractivity contribution in [3.63, 3.8) is 0 Å². The first-order valence-corrected chi connectivity index (χ1v) is 17.7. The molecule has 4 amide bonds. The SMILES string of the molecule is NC(=O)CC[C@H](NC(=O)C1CCCCN1Cc1ccccc1)C(=O)NCCCCCC1(C(=O)NCC(F)(F)F)c2ccccc2-c2ccccc21. The van der Waals surface area contributed by atoms with Gasteiger partial charge in [-0.1, -0.05) is 98.1 Å². The van der Waals surface area contributed by atoms with Crippen LogP contribution in [0.15, 0.2) is 78.9 Å². The lowest BCUT2D eigenvalue weighted by Crippen LogP contribution is -2.55. The fraction of sp³-hybridized carbons (Fsp3) is 0.436. The third-order valence-electron chi connectivity index (χ3n) is 9.89. The summed E-state index contributed by atoms with van der Waals surface area (Å²) in [4.78, 5) is 54.3. The first-order chi connectivity index (χ1) is 24.5. The van der Waals surface area contributed by atoms with Gasteiger partial charge < -0.3 is 21.7 Å². The van der Waals surface area contributed by atoms with Crippen LogP contribution in [0, 0.1) is 0 Å². The van der Waals surface area contributed by atoms with E-state index in [9.17, 15) is 32.3 Å². The second-order valence-electron chi connectivity index (χ2n) is 13.4. The van der Waals surface area contributed by atoms with Crippen molar-refractivity contribution in [1.29, 1.82) is 0 Å². The number of hydrogen-bond donors (Lipinski definition) is 4. The zero-order valence-corrected chi connectivity index (χ0v) is 28.6. The average molecular weight is 706 g/mol. The van der Waals surface area contributed by atoms with Crippen molar-refractivity contribution < 1.29 is 32.3 Å². The zero-order chi connectivity index (χ0) is 36.4. The molecule has 272 valence electrons. The number of nitrogens with zero attached hydrogens (tertiary/aromatic N) is 1. The minimum Gasteiger partial charge on any atom is -0.370 e. The Morgan fingerprint density at radius 3 is 2.14 bits per heavy atom. The number of carbonyl (C=O) groups excluding carboxylic acids is 4. The molecule has 0 spiro atoms. The molecule has 0 bridgehead atoms. The number of nitrogens with one attached hydrogen (secondary N) is 3. The molecule has 1 aliphatic carbocycles. The largest absolute Gasteiger partial charge is 0.405 e. The lowest BCUT2D eigenvalue weighted by Gasteiger charge is -2.35. The molecular formula is C39H46F3N5O4. The zero-order valence-electron chi connectivity index (χ0n) is 28.6. The molecule has 12 heteroatoms. The molecule has 1 aliphatic heterocycles. The lowest BCUT2D eigenvalue weighted by molar-refractivity contribution is -0.141. The summed E-state index contributed by atoms with van der Waals surface area (Å²) >= 11 is 0. The molecule has 51 heavy (non-hydrogen) atoms. The summed E-state index contributed by atoms with van der Waals surface area (Å²) in [5.41, 5.74) is 8.18. The Hall–Kier alpha value is -4.71. The number of unbranched alkanes of at least 4 members (excludes halogenated alkanes) is 2. The lowest BCUT2D eigenvalue weighted by atomic mass is 9.73. The molecule has 9 nitrogen and oxygen atoms in total. The van der Waals surface area contributed by atoms with Crippen molar-refractivity contribution in [3.05, 3.63) is 95.6 Å². The first kappa shape index (κ1) is 37.5. The van der Waals surface area contributed by atoms with Gasteiger partial charge >= 0.3 is 6.18 Å². The Kier molecular flexibility index (Phi) is 12.5. The molecule has 5 N–H and O–H groups in total. The van der Waals surface area contributed by atoms with Gasteiger partial charge in [0.05, 0.1) is 6.04 Å². The summed E-state index contributed by atoms with van der Waals surface area (Å²) in [5.74, 6) is -1.95. The number of halogens is 3. The molecule has 1 unspecified atom stereocenters. The van der Waals surface area contributed by atoms with Crippen molar-refractivity contribution >= 4 is 23.6 Å². The minimum atomic E-state index is -4.56. The van der Waals surface area contributed by atoms with Crippen LogP contribution >= 0.6 is 0 Å². The van der Waals surface area contributed by atoms with E-state index in [0.717, 1.165) is 36.1 Å². The maximum absolute atomic E-state index is 13.7. The smallest absolute Gasteiger partial charge is 0.370 e. The summed E-state index contributed by atoms with van der Waals surface area (Å²) in [5, 5.41) is 7.90. The molecule has 3 aromatic carbocycles. The topological polar surface area (TPSA) is 134 Å². The normalized spacial score (nSPS) is 17.1. The number of rotatable bonds is 16. The van der Waals surface area contributed by atoms with E-state index in [4.69, 9.17) is 5.73 Å². The molecule has 5 rings (SSSR count). The number of alkyl halides is 3. The van der Waals surface area contributed by atoms with Crippen LogP contribution < -0.4 is 21.7 Å². The van der Waals surface area contributed by atoms with Crippen LogP contribution in [0.25, 0.3) is 11.1 Å². The molecule has 0 radical (unpaired) electrons. The van der Waals surface area contributed by atoms with Crippen LogP contribution in [0.4, 0.5) is 13.2 Å². The maximum atomic E-state index is 13.7. The number of fused-ring (bicyclic) bond motifs is 3. The Balaban J connectivity index is 1.19. The van der Waals surface area contributed by atoms with Crippen LogP contribution in [-0.4, -0.2) is 66.4 Å². The molecule has 3 aromatic rings. The third-order valence-corrected chi connectivity index (χ3v) is 9.89. The standard InChI is InChI=1S/C39H46F3N5O4/c40-39(41,42)26-45-37(51)38(30-17-7-5-15-28(30)29-16-6-8-18-31(29)38)22-10-2-11-23-44-35(49)32(20-21-34(43)48)46-36(50)33-19-9-12-24-47(33)25-27-13-3-1-4-14-27/h1,3-8,13-18,32-33H,2,9-12,19-26H2,(H2,43,48)(H,44,49)(H,45,51)(H,46,50)/t32-,33?/m0/s1. The first-order valence-electron chi connectivity index (χ1n) is 17.7. The van der Waals surface area contributed by atoms with E-state index in [-0.39, 0.29) is 31.7 Å². The third kappa shape index (κ3) is 9.35. The van der Waals surface area contributed by atoms with Gasteiger partial charge in [-0.25, -0.2) is 0 Å². The highest BCUT2D eigenvalue weighted by Crippen LogP contribution is 2.51. The van der Waals surface area contributed by atoms with E-state index < -0.39 is 47.9 Å². The highest BCUT2D eigenvalue weighted by molar-refractivity contribution is 6.00. The van der Waals surface area contributed by atoms with Gasteiger partial charge in [-0.2, -0.15) is 13.2 Å². The van der Waals surface area contributed by atoms with E-state index in [1.807, 2.05) is 54.6 Å². The Bertz CT molecular complexity index is 1640. The van der Waals surface area contributed by atoms with Crippen LogP contribution in [0.5, 0.6) is 0 Å². The van der Waals surface area contributed by atoms with Crippen molar-refractivity contribution in [2.75, 3.05) is 19.6 Å². The van der Waals surface area contributed by atoms with Gasteiger partial charge in [0.1, 0.15) is 18.0 Å². The summed E-state index contributed by atoms with van der Waals surface area (Å²) < 4.78 is 39.6. The van der Waals surface area contributed by atoms with Gasteiger partial charge in [0.15, 0.2) is 0 Å². The number of hydrogen-bond acceptors (Lipinski definition) is 5. The maximum Gasteiger partial charge on any atom is 0.405 e. The van der Waals surface area contributed by atoms with Crippen molar-refractivity contribution in [2.45, 2.75) is 88.0 Å². The molecule has 1 heterocycles. The number of benzene rings is 3. The fourth-order valence-electron chi connectivity index (χ4n) is 7.43. The molecule has 1 fully saturated rings. The molecule has 2 aliphatic rings. The monoisotopic (exact) mass is 705 g/mol. The summed E-state index contributed by atoms with van der Waals surface area (Å²) in [6.07, 6.45) is -0.162. The number of piperidine rings is 1. The quantitative estimate of drug-likeness (QED) is 0.154. The van der Waals surface area contributed by atoms with E-state index in [1.54, 1.807) is 24.3 Å². The average Bonchev–Trinajstić information content (AvgIpc) is 3.41. The summed E-state index contributed by atoms with van der Waals surface area (Å²) in [7, 11) is 0. The molecule has 0 saturated carbocycles. The summed E-state index contributed by atoms with van der Waals surface area (Å²) in [6, 6.07) is 23.2. The molecule has 2 atom stereocenters.